The zero-order valence-corrected chi connectivity index (χ0v) is 5.46. The van der Waals surface area contributed by atoms with Crippen molar-refractivity contribution in [1.29, 1.82) is 0 Å². The molecule has 0 rings (SSSR count). The molecule has 0 aromatic heterocycles. The number of rotatable bonds is 0. The van der Waals surface area contributed by atoms with E-state index in [1.54, 1.807) is 0 Å². The maximum atomic E-state index is 9.00. The van der Waals surface area contributed by atoms with Crippen LogP contribution in [0.3, 0.4) is 0 Å². The van der Waals surface area contributed by atoms with Gasteiger partial charge in [0.1, 0.15) is 0 Å². The molecule has 0 bridgehead atoms. The SMILES string of the molecule is CS(=O)[O-].[Mo]. The van der Waals surface area contributed by atoms with E-state index in [2.05, 4.69) is 0 Å². The van der Waals surface area contributed by atoms with Gasteiger partial charge in [0.05, 0.1) is 0 Å². The summed E-state index contributed by atoms with van der Waals surface area (Å²) < 4.78 is 18.0. The smallest absolute Gasteiger partial charge is 0 e. The van der Waals surface area contributed by atoms with Crippen LogP contribution in [0.5, 0.6) is 0 Å². The first-order valence-corrected chi connectivity index (χ1v) is 2.22. The van der Waals surface area contributed by atoms with E-state index in [0.29, 0.717) is 0 Å². The molecule has 2 nitrogen and oxygen atoms in total. The molecular weight excluding hydrogens is 172 g/mol. The van der Waals surface area contributed by atoms with Crippen LogP contribution in [0.1, 0.15) is 0 Å². The molecule has 0 heterocycles. The normalized spacial score (nSPS) is 12.4. The van der Waals surface area contributed by atoms with Crippen molar-refractivity contribution in [2.75, 3.05) is 6.26 Å². The molecule has 0 aliphatic rings. The average Bonchev–Trinajstić information content (AvgIpc) is 0.811. The summed E-state index contributed by atoms with van der Waals surface area (Å²) in [4.78, 5) is 0. The van der Waals surface area contributed by atoms with Gasteiger partial charge >= 0.3 is 0 Å². The van der Waals surface area contributed by atoms with Gasteiger partial charge in [-0.25, -0.2) is 0 Å². The molecule has 32 valence electrons. The van der Waals surface area contributed by atoms with E-state index in [-0.39, 0.29) is 21.1 Å². The summed E-state index contributed by atoms with van der Waals surface area (Å²) in [6.45, 7) is 0. The Hall–Kier alpha value is 0.798. The molecule has 0 fully saturated rings. The standard InChI is InChI=1S/CH4O2S.Mo/c1-4(2)3;/h1H3,(H,2,3);/p-1. The molecule has 0 aliphatic heterocycles. The minimum Gasteiger partial charge on any atom is -0.773 e. The fourth-order valence-corrected chi connectivity index (χ4v) is 0. The first-order chi connectivity index (χ1) is 1.73. The largest absolute Gasteiger partial charge is 0.773 e. The van der Waals surface area contributed by atoms with Crippen molar-refractivity contribution in [2.45, 2.75) is 0 Å². The fraction of sp³-hybridized carbons (Fsp3) is 1.00. The molecule has 1 atom stereocenters. The monoisotopic (exact) mass is 177 g/mol. The first kappa shape index (κ1) is 9.25. The van der Waals surface area contributed by atoms with Crippen LogP contribution in [0.2, 0.25) is 0 Å². The third kappa shape index (κ3) is 59.0. The summed E-state index contributed by atoms with van der Waals surface area (Å²) in [5.41, 5.74) is 0. The summed E-state index contributed by atoms with van der Waals surface area (Å²) in [5, 5.41) is 0. The van der Waals surface area contributed by atoms with Gasteiger partial charge in [0.25, 0.3) is 0 Å². The second kappa shape index (κ2) is 4.80. The molecule has 0 aromatic rings. The number of hydrogen-bond acceptors (Lipinski definition) is 2. The maximum absolute atomic E-state index is 9.00. The third-order valence-electron chi connectivity index (χ3n) is 0. The van der Waals surface area contributed by atoms with E-state index in [9.17, 15) is 0 Å². The predicted molar refractivity (Wildman–Crippen MR) is 14.8 cm³/mol. The van der Waals surface area contributed by atoms with Crippen LogP contribution < -0.4 is 0 Å². The molecule has 0 aromatic carbocycles. The Morgan fingerprint density at radius 3 is 1.80 bits per heavy atom. The molecule has 0 saturated heterocycles. The zero-order valence-electron chi connectivity index (χ0n) is 2.63. The topological polar surface area (TPSA) is 40.1 Å². The van der Waals surface area contributed by atoms with Crippen LogP contribution in [0.4, 0.5) is 0 Å². The van der Waals surface area contributed by atoms with Gasteiger partial charge < -0.3 is 4.55 Å². The van der Waals surface area contributed by atoms with Gasteiger partial charge in [0, 0.05) is 21.1 Å². The van der Waals surface area contributed by atoms with Crippen LogP contribution in [-0.4, -0.2) is 15.0 Å². The van der Waals surface area contributed by atoms with E-state index >= 15 is 0 Å². The van der Waals surface area contributed by atoms with E-state index in [0.717, 1.165) is 6.26 Å². The van der Waals surface area contributed by atoms with Gasteiger partial charge in [0.2, 0.25) is 0 Å². The predicted octanol–water partition coefficient (Wildman–Crippen LogP) is -0.507. The van der Waals surface area contributed by atoms with Crippen LogP contribution >= 0.6 is 0 Å². The zero-order chi connectivity index (χ0) is 3.58. The van der Waals surface area contributed by atoms with Gasteiger partial charge in [-0.2, -0.15) is 0 Å². The quantitative estimate of drug-likeness (QED) is 0.367. The molecule has 0 aliphatic carbocycles. The Labute approximate surface area is 47.5 Å². The third-order valence-corrected chi connectivity index (χ3v) is 0. The van der Waals surface area contributed by atoms with E-state index in [1.165, 1.54) is 0 Å². The summed E-state index contributed by atoms with van der Waals surface area (Å²) in [6, 6.07) is 0. The molecule has 5 heavy (non-hydrogen) atoms. The Balaban J connectivity index is 0. The second-order valence-electron chi connectivity index (χ2n) is 0.401. The summed E-state index contributed by atoms with van der Waals surface area (Å²) in [6.07, 6.45) is 1.08. The molecule has 0 N–H and O–H groups in total. The Bertz CT molecular complexity index is 32.6. The van der Waals surface area contributed by atoms with Crippen molar-refractivity contribution in [1.82, 2.24) is 0 Å². The minimum atomic E-state index is -1.86. The van der Waals surface area contributed by atoms with Crippen LogP contribution in [0, 0.1) is 0 Å². The average molecular weight is 175 g/mol. The molecule has 1 unspecified atom stereocenters. The summed E-state index contributed by atoms with van der Waals surface area (Å²) in [7, 11) is 0. The van der Waals surface area contributed by atoms with Crippen molar-refractivity contribution in [2.24, 2.45) is 0 Å². The first-order valence-electron chi connectivity index (χ1n) is 0.742. The summed E-state index contributed by atoms with van der Waals surface area (Å²) >= 11 is -1.86. The van der Waals surface area contributed by atoms with Crippen molar-refractivity contribution >= 4 is 11.1 Å². The van der Waals surface area contributed by atoms with Gasteiger partial charge in [-0.15, -0.1) is 0 Å². The molecule has 4 heteroatoms. The van der Waals surface area contributed by atoms with E-state index in [4.69, 9.17) is 8.76 Å². The Kier molecular flexibility index (Phi) is 8.88. The second-order valence-corrected chi connectivity index (χ2v) is 1.20. The molecule has 0 spiro atoms. The van der Waals surface area contributed by atoms with E-state index < -0.39 is 11.1 Å². The van der Waals surface area contributed by atoms with Gasteiger partial charge in [-0.1, -0.05) is 11.1 Å². The van der Waals surface area contributed by atoms with Crippen molar-refractivity contribution in [3.8, 4) is 0 Å². The van der Waals surface area contributed by atoms with Gasteiger partial charge in [-0.05, 0) is 6.26 Å². The maximum Gasteiger partial charge on any atom is 0 e. The van der Waals surface area contributed by atoms with Crippen molar-refractivity contribution < 1.29 is 29.8 Å². The number of hydrogen-bond donors (Lipinski definition) is 0. The van der Waals surface area contributed by atoms with Crippen LogP contribution in [0.25, 0.3) is 0 Å². The van der Waals surface area contributed by atoms with Crippen LogP contribution in [0.15, 0.2) is 0 Å². The van der Waals surface area contributed by atoms with Gasteiger partial charge in [0.15, 0.2) is 0 Å². The molecule has 0 radical (unpaired) electrons. The Morgan fingerprint density at radius 2 is 1.80 bits per heavy atom. The van der Waals surface area contributed by atoms with E-state index in [1.807, 2.05) is 0 Å². The van der Waals surface area contributed by atoms with Gasteiger partial charge in [-0.3, -0.25) is 4.21 Å². The molecule has 0 amide bonds. The molecular formula is CH3MoO2S-. The van der Waals surface area contributed by atoms with Crippen LogP contribution in [-0.2, 0) is 32.1 Å². The Morgan fingerprint density at radius 1 is 1.80 bits per heavy atom. The summed E-state index contributed by atoms with van der Waals surface area (Å²) in [5.74, 6) is 0. The molecule has 0 saturated carbocycles. The minimum absolute atomic E-state index is 0. The van der Waals surface area contributed by atoms with Crippen molar-refractivity contribution in [3.63, 3.8) is 0 Å². The fourth-order valence-electron chi connectivity index (χ4n) is 0. The van der Waals surface area contributed by atoms with Crippen molar-refractivity contribution in [3.05, 3.63) is 0 Å².